The van der Waals surface area contributed by atoms with E-state index in [4.69, 9.17) is 5.11 Å². The lowest BCUT2D eigenvalue weighted by molar-refractivity contribution is 0.305. The molecule has 0 amide bonds. The fraction of sp³-hybridized carbons (Fsp3) is 0.429. The summed E-state index contributed by atoms with van der Waals surface area (Å²) in [5.41, 5.74) is 0.471. The Balaban J connectivity index is 2.24. The van der Waals surface area contributed by atoms with Crippen LogP contribution in [-0.4, -0.2) is 37.7 Å². The molecule has 2 N–H and O–H groups in total. The summed E-state index contributed by atoms with van der Waals surface area (Å²) in [6.45, 7) is -0.0283. The average molecular weight is 311 g/mol. The van der Waals surface area contributed by atoms with Gasteiger partial charge in [0.15, 0.2) is 0 Å². The maximum Gasteiger partial charge on any atom is 0.242 e. The van der Waals surface area contributed by atoms with Crippen molar-refractivity contribution in [2.75, 3.05) is 18.1 Å². The fourth-order valence-electron chi connectivity index (χ4n) is 1.93. The number of hydrogen-bond acceptors (Lipinski definition) is 4. The second-order valence-corrected chi connectivity index (χ2v) is 7.29. The lowest BCUT2D eigenvalue weighted by Gasteiger charge is -2.13. The molecule has 0 radical (unpaired) electrons. The summed E-state index contributed by atoms with van der Waals surface area (Å²) in [5, 5.41) is 8.73. The van der Waals surface area contributed by atoms with E-state index >= 15 is 0 Å². The van der Waals surface area contributed by atoms with Crippen molar-refractivity contribution in [2.24, 2.45) is 0 Å². The summed E-state index contributed by atoms with van der Waals surface area (Å²) in [6.07, 6.45) is 1.20. The van der Waals surface area contributed by atoms with Crippen LogP contribution in [0.5, 0.6) is 0 Å². The molecule has 1 unspecified atom stereocenters. The molecule has 1 aliphatic rings. The van der Waals surface area contributed by atoms with Crippen LogP contribution in [0.4, 0.5) is 0 Å². The van der Waals surface area contributed by atoms with Crippen LogP contribution in [0.15, 0.2) is 29.2 Å². The van der Waals surface area contributed by atoms with Gasteiger partial charge in [-0.25, -0.2) is 13.1 Å². The highest BCUT2D eigenvalue weighted by Gasteiger charge is 2.24. The molecule has 0 aromatic heterocycles. The molecule has 0 bridgehead atoms. The van der Waals surface area contributed by atoms with Crippen molar-refractivity contribution in [3.8, 4) is 11.8 Å². The highest BCUT2D eigenvalue weighted by Crippen LogP contribution is 2.21. The van der Waals surface area contributed by atoms with Crippen LogP contribution in [0, 0.1) is 11.8 Å². The Bertz CT molecular complexity index is 611. The van der Waals surface area contributed by atoms with E-state index in [2.05, 4.69) is 16.6 Å². The van der Waals surface area contributed by atoms with Crippen molar-refractivity contribution in [1.29, 1.82) is 0 Å². The molecule has 108 valence electrons. The van der Waals surface area contributed by atoms with Crippen molar-refractivity contribution >= 4 is 21.8 Å². The lowest BCUT2D eigenvalue weighted by atomic mass is 10.2. The zero-order chi connectivity index (χ0) is 14.4. The monoisotopic (exact) mass is 311 g/mol. The Morgan fingerprint density at radius 1 is 1.40 bits per heavy atom. The Morgan fingerprint density at radius 3 is 2.90 bits per heavy atom. The molecule has 1 aliphatic heterocycles. The predicted molar refractivity (Wildman–Crippen MR) is 81.1 cm³/mol. The maximum atomic E-state index is 12.4. The second-order valence-electron chi connectivity index (χ2n) is 4.45. The summed E-state index contributed by atoms with van der Waals surface area (Å²) < 4.78 is 27.5. The molecular formula is C14H17NO3S2. The summed E-state index contributed by atoms with van der Waals surface area (Å²) in [4.78, 5) is 0.210. The third-order valence-corrected chi connectivity index (χ3v) is 5.63. The SMILES string of the molecule is O=S(=O)(NC1CCSC1)c1ccccc1C#CCCO. The second kappa shape index (κ2) is 7.14. The first kappa shape index (κ1) is 15.4. The molecule has 0 saturated carbocycles. The van der Waals surface area contributed by atoms with E-state index in [1.165, 1.54) is 0 Å². The van der Waals surface area contributed by atoms with Crippen LogP contribution in [0.1, 0.15) is 18.4 Å². The molecular weight excluding hydrogens is 294 g/mol. The summed E-state index contributed by atoms with van der Waals surface area (Å²) in [5.74, 6) is 7.38. The number of hydrogen-bond donors (Lipinski definition) is 2. The minimum absolute atomic E-state index is 0.00320. The summed E-state index contributed by atoms with van der Waals surface area (Å²) in [7, 11) is -3.54. The van der Waals surface area contributed by atoms with Gasteiger partial charge in [0.25, 0.3) is 0 Å². The van der Waals surface area contributed by atoms with Gasteiger partial charge in [-0.2, -0.15) is 11.8 Å². The normalized spacial score (nSPS) is 18.6. The fourth-order valence-corrected chi connectivity index (χ4v) is 4.62. The molecule has 4 nitrogen and oxygen atoms in total. The third kappa shape index (κ3) is 4.00. The smallest absolute Gasteiger partial charge is 0.242 e. The first-order valence-corrected chi connectivity index (χ1v) is 9.06. The summed E-state index contributed by atoms with van der Waals surface area (Å²) in [6, 6.07) is 6.70. The highest BCUT2D eigenvalue weighted by atomic mass is 32.2. The molecule has 1 saturated heterocycles. The Morgan fingerprint density at radius 2 is 2.20 bits per heavy atom. The number of thioether (sulfide) groups is 1. The molecule has 1 aromatic carbocycles. The van der Waals surface area contributed by atoms with E-state index in [0.717, 1.165) is 17.9 Å². The number of aliphatic hydroxyl groups excluding tert-OH is 1. The number of aliphatic hydroxyl groups is 1. The van der Waals surface area contributed by atoms with Crippen molar-refractivity contribution in [3.05, 3.63) is 29.8 Å². The Hall–Kier alpha value is -1.00. The largest absolute Gasteiger partial charge is 0.395 e. The van der Waals surface area contributed by atoms with E-state index in [-0.39, 0.29) is 17.5 Å². The molecule has 20 heavy (non-hydrogen) atoms. The molecule has 0 aliphatic carbocycles. The first-order chi connectivity index (χ1) is 9.63. The van der Waals surface area contributed by atoms with Crippen molar-refractivity contribution < 1.29 is 13.5 Å². The van der Waals surface area contributed by atoms with Gasteiger partial charge in [-0.15, -0.1) is 0 Å². The van der Waals surface area contributed by atoms with E-state index in [1.807, 2.05) is 0 Å². The average Bonchev–Trinajstić information content (AvgIpc) is 2.91. The number of rotatable bonds is 4. The van der Waals surface area contributed by atoms with Gasteiger partial charge in [-0.1, -0.05) is 24.0 Å². The minimum Gasteiger partial charge on any atom is -0.395 e. The maximum absolute atomic E-state index is 12.4. The molecule has 2 rings (SSSR count). The van der Waals surface area contributed by atoms with E-state index < -0.39 is 10.0 Å². The molecule has 1 atom stereocenters. The molecule has 1 aromatic rings. The van der Waals surface area contributed by atoms with E-state index in [0.29, 0.717) is 12.0 Å². The zero-order valence-corrected chi connectivity index (χ0v) is 12.6. The van der Waals surface area contributed by atoms with Crippen molar-refractivity contribution in [2.45, 2.75) is 23.8 Å². The van der Waals surface area contributed by atoms with Gasteiger partial charge < -0.3 is 5.11 Å². The molecule has 6 heteroatoms. The molecule has 1 fully saturated rings. The quantitative estimate of drug-likeness (QED) is 0.820. The van der Waals surface area contributed by atoms with Crippen LogP contribution in [0.2, 0.25) is 0 Å². The van der Waals surface area contributed by atoms with Gasteiger partial charge in [0.2, 0.25) is 10.0 Å². The van der Waals surface area contributed by atoms with Gasteiger partial charge in [0.1, 0.15) is 0 Å². The third-order valence-electron chi connectivity index (χ3n) is 2.89. The minimum atomic E-state index is -3.54. The lowest BCUT2D eigenvalue weighted by Crippen LogP contribution is -2.34. The van der Waals surface area contributed by atoms with Crippen LogP contribution in [0.25, 0.3) is 0 Å². The van der Waals surface area contributed by atoms with Gasteiger partial charge in [-0.3, -0.25) is 0 Å². The Kier molecular flexibility index (Phi) is 5.49. The molecule has 0 spiro atoms. The topological polar surface area (TPSA) is 66.4 Å². The molecule has 1 heterocycles. The van der Waals surface area contributed by atoms with Gasteiger partial charge in [0, 0.05) is 23.8 Å². The highest BCUT2D eigenvalue weighted by molar-refractivity contribution is 7.99. The number of nitrogens with one attached hydrogen (secondary N) is 1. The van der Waals surface area contributed by atoms with Crippen LogP contribution < -0.4 is 4.72 Å². The van der Waals surface area contributed by atoms with E-state index in [1.54, 1.807) is 36.0 Å². The van der Waals surface area contributed by atoms with Gasteiger partial charge >= 0.3 is 0 Å². The predicted octanol–water partition coefficient (Wildman–Crippen LogP) is 1.20. The van der Waals surface area contributed by atoms with Crippen molar-refractivity contribution in [3.63, 3.8) is 0 Å². The first-order valence-electron chi connectivity index (χ1n) is 6.42. The summed E-state index contributed by atoms with van der Waals surface area (Å²) >= 11 is 1.76. The van der Waals surface area contributed by atoms with Gasteiger partial charge in [0.05, 0.1) is 11.5 Å². The standard InChI is InChI=1S/C14H17NO3S2/c16-9-4-3-6-12-5-1-2-7-14(12)20(17,18)15-13-8-10-19-11-13/h1-2,5,7,13,15-16H,4,8-11H2. The van der Waals surface area contributed by atoms with Crippen LogP contribution in [-0.2, 0) is 10.0 Å². The van der Waals surface area contributed by atoms with Gasteiger partial charge in [-0.05, 0) is 24.3 Å². The van der Waals surface area contributed by atoms with Crippen molar-refractivity contribution in [1.82, 2.24) is 4.72 Å². The van der Waals surface area contributed by atoms with E-state index in [9.17, 15) is 8.42 Å². The number of sulfonamides is 1. The van der Waals surface area contributed by atoms with Crippen LogP contribution >= 0.6 is 11.8 Å². The Labute approximate surface area is 124 Å². The number of benzene rings is 1. The zero-order valence-electron chi connectivity index (χ0n) is 11.0. The van der Waals surface area contributed by atoms with Crippen LogP contribution in [0.3, 0.4) is 0 Å².